The summed E-state index contributed by atoms with van der Waals surface area (Å²) in [4.78, 5) is 23.7. The molecule has 0 bridgehead atoms. The first kappa shape index (κ1) is 20.9. The number of nitro benzene ring substituents is 1. The van der Waals surface area contributed by atoms with Gasteiger partial charge in [0.2, 0.25) is 0 Å². The van der Waals surface area contributed by atoms with Crippen molar-refractivity contribution in [3.63, 3.8) is 0 Å². The number of nitrogens with zero attached hydrogens (tertiary/aromatic N) is 2. The van der Waals surface area contributed by atoms with Crippen LogP contribution in [0, 0.1) is 24.0 Å². The molecule has 30 heavy (non-hydrogen) atoms. The number of hydrazone groups is 1. The standard InChI is InChI=1S/C23H21N3O4/c1-16-7-5-10-19(13-16)23(28,20-11-6-8-17(2)14-20)22(27)25-24-15-18-9-3-4-12-21(18)26(29)30/h3-15,28H,1-2H3,(H,25,27). The molecule has 152 valence electrons. The smallest absolute Gasteiger partial charge is 0.281 e. The summed E-state index contributed by atoms with van der Waals surface area (Å²) in [7, 11) is 0. The van der Waals surface area contributed by atoms with Crippen molar-refractivity contribution in [3.8, 4) is 0 Å². The molecule has 0 atom stereocenters. The monoisotopic (exact) mass is 403 g/mol. The molecule has 3 aromatic carbocycles. The Morgan fingerprint density at radius 1 is 1.00 bits per heavy atom. The molecule has 7 nitrogen and oxygen atoms in total. The van der Waals surface area contributed by atoms with Crippen LogP contribution in [-0.4, -0.2) is 22.2 Å². The fourth-order valence-electron chi connectivity index (χ4n) is 3.17. The first-order valence-electron chi connectivity index (χ1n) is 9.26. The van der Waals surface area contributed by atoms with Crippen LogP contribution in [0.3, 0.4) is 0 Å². The summed E-state index contributed by atoms with van der Waals surface area (Å²) in [5.41, 5.74) is 3.00. The number of benzene rings is 3. The van der Waals surface area contributed by atoms with E-state index in [1.54, 1.807) is 48.5 Å². The van der Waals surface area contributed by atoms with Crippen LogP contribution in [0.15, 0.2) is 77.9 Å². The highest BCUT2D eigenvalue weighted by Crippen LogP contribution is 2.31. The second-order valence-corrected chi connectivity index (χ2v) is 6.96. The van der Waals surface area contributed by atoms with Gasteiger partial charge in [0, 0.05) is 6.07 Å². The van der Waals surface area contributed by atoms with Gasteiger partial charge < -0.3 is 5.11 Å². The zero-order chi connectivity index (χ0) is 21.7. The van der Waals surface area contributed by atoms with Gasteiger partial charge >= 0.3 is 0 Å². The molecule has 0 fully saturated rings. The molecular weight excluding hydrogens is 382 g/mol. The summed E-state index contributed by atoms with van der Waals surface area (Å²) >= 11 is 0. The highest BCUT2D eigenvalue weighted by molar-refractivity contribution is 5.92. The quantitative estimate of drug-likeness (QED) is 0.373. The van der Waals surface area contributed by atoms with Crippen LogP contribution < -0.4 is 5.43 Å². The Morgan fingerprint density at radius 2 is 1.57 bits per heavy atom. The fourth-order valence-corrected chi connectivity index (χ4v) is 3.17. The minimum absolute atomic E-state index is 0.136. The van der Waals surface area contributed by atoms with E-state index < -0.39 is 16.4 Å². The SMILES string of the molecule is Cc1cccc(C(O)(C(=O)NN=Cc2ccccc2[N+](=O)[O-])c2cccc(C)c2)c1. The highest BCUT2D eigenvalue weighted by Gasteiger charge is 2.40. The maximum atomic E-state index is 13.1. The molecule has 0 saturated heterocycles. The van der Waals surface area contributed by atoms with Crippen molar-refractivity contribution in [1.29, 1.82) is 0 Å². The van der Waals surface area contributed by atoms with E-state index in [0.717, 1.165) is 11.1 Å². The number of para-hydroxylation sites is 1. The van der Waals surface area contributed by atoms with Gasteiger partial charge in [0.15, 0.2) is 5.60 Å². The third-order valence-corrected chi connectivity index (χ3v) is 4.70. The predicted molar refractivity (Wildman–Crippen MR) is 114 cm³/mol. The van der Waals surface area contributed by atoms with E-state index in [-0.39, 0.29) is 11.3 Å². The van der Waals surface area contributed by atoms with E-state index in [4.69, 9.17) is 0 Å². The number of nitro groups is 1. The Morgan fingerprint density at radius 3 is 2.10 bits per heavy atom. The average molecular weight is 403 g/mol. The van der Waals surface area contributed by atoms with Crippen molar-refractivity contribution in [1.82, 2.24) is 5.43 Å². The van der Waals surface area contributed by atoms with Crippen LogP contribution in [0.5, 0.6) is 0 Å². The molecule has 7 heteroatoms. The summed E-state index contributed by atoms with van der Waals surface area (Å²) in [5, 5.41) is 26.5. The Balaban J connectivity index is 1.97. The minimum Gasteiger partial charge on any atom is -0.372 e. The van der Waals surface area contributed by atoms with Gasteiger partial charge in [-0.1, -0.05) is 71.8 Å². The van der Waals surface area contributed by atoms with Crippen LogP contribution in [0.25, 0.3) is 0 Å². The maximum Gasteiger partial charge on any atom is 0.281 e. The molecule has 0 saturated carbocycles. The molecule has 0 spiro atoms. The van der Waals surface area contributed by atoms with Crippen molar-refractivity contribution in [2.75, 3.05) is 0 Å². The van der Waals surface area contributed by atoms with Gasteiger partial charge in [-0.25, -0.2) is 5.43 Å². The first-order valence-corrected chi connectivity index (χ1v) is 9.26. The Hall–Kier alpha value is -3.84. The number of hydrogen-bond acceptors (Lipinski definition) is 5. The Labute approximate surface area is 173 Å². The van der Waals surface area contributed by atoms with Gasteiger partial charge in [-0.05, 0) is 31.0 Å². The first-order chi connectivity index (χ1) is 14.3. The van der Waals surface area contributed by atoms with Crippen molar-refractivity contribution in [2.45, 2.75) is 19.4 Å². The number of hydrogen-bond donors (Lipinski definition) is 2. The number of aryl methyl sites for hydroxylation is 2. The molecule has 1 amide bonds. The molecule has 2 N–H and O–H groups in total. The van der Waals surface area contributed by atoms with Gasteiger partial charge in [-0.2, -0.15) is 5.10 Å². The number of rotatable bonds is 6. The van der Waals surface area contributed by atoms with Crippen molar-refractivity contribution in [2.24, 2.45) is 5.10 Å². The molecule has 0 aliphatic carbocycles. The lowest BCUT2D eigenvalue weighted by Gasteiger charge is -2.27. The van der Waals surface area contributed by atoms with E-state index in [1.165, 1.54) is 18.3 Å². The summed E-state index contributed by atoms with van der Waals surface area (Å²) in [6.07, 6.45) is 1.18. The topological polar surface area (TPSA) is 105 Å². The number of aliphatic hydroxyl groups is 1. The number of carbonyl (C=O) groups is 1. The average Bonchev–Trinajstić information content (AvgIpc) is 2.73. The number of nitrogens with one attached hydrogen (secondary N) is 1. The lowest BCUT2D eigenvalue weighted by atomic mass is 9.84. The summed E-state index contributed by atoms with van der Waals surface area (Å²) in [5.74, 6) is -0.770. The summed E-state index contributed by atoms with van der Waals surface area (Å²) in [6.45, 7) is 3.73. The van der Waals surface area contributed by atoms with Crippen molar-refractivity contribution < 1.29 is 14.8 Å². The lowest BCUT2D eigenvalue weighted by Crippen LogP contribution is -2.43. The zero-order valence-electron chi connectivity index (χ0n) is 16.6. The zero-order valence-corrected chi connectivity index (χ0v) is 16.6. The maximum absolute atomic E-state index is 13.1. The molecular formula is C23H21N3O4. The molecule has 3 rings (SSSR count). The van der Waals surface area contributed by atoms with Gasteiger partial charge in [-0.15, -0.1) is 0 Å². The largest absolute Gasteiger partial charge is 0.372 e. The molecule has 0 unspecified atom stereocenters. The molecule has 0 aliphatic heterocycles. The van der Waals surface area contributed by atoms with Gasteiger partial charge in [0.05, 0.1) is 16.7 Å². The van der Waals surface area contributed by atoms with Crippen molar-refractivity contribution >= 4 is 17.8 Å². The van der Waals surface area contributed by atoms with E-state index >= 15 is 0 Å². The molecule has 0 aromatic heterocycles. The highest BCUT2D eigenvalue weighted by atomic mass is 16.6. The van der Waals surface area contributed by atoms with E-state index in [1.807, 2.05) is 26.0 Å². The van der Waals surface area contributed by atoms with E-state index in [0.29, 0.717) is 11.1 Å². The summed E-state index contributed by atoms with van der Waals surface area (Å²) in [6, 6.07) is 20.1. The van der Waals surface area contributed by atoms with E-state index in [2.05, 4.69) is 10.5 Å². The molecule has 0 radical (unpaired) electrons. The molecule has 0 aliphatic rings. The second-order valence-electron chi connectivity index (χ2n) is 6.96. The third kappa shape index (κ3) is 4.26. The molecule has 0 heterocycles. The number of carbonyl (C=O) groups excluding carboxylic acids is 1. The second kappa shape index (κ2) is 8.67. The van der Waals surface area contributed by atoms with E-state index in [9.17, 15) is 20.0 Å². The fraction of sp³-hybridized carbons (Fsp3) is 0.130. The van der Waals surface area contributed by atoms with Crippen LogP contribution in [0.1, 0.15) is 27.8 Å². The molecule has 3 aromatic rings. The van der Waals surface area contributed by atoms with Crippen LogP contribution in [-0.2, 0) is 10.4 Å². The van der Waals surface area contributed by atoms with Crippen molar-refractivity contribution in [3.05, 3.63) is 111 Å². The number of amides is 1. The predicted octanol–water partition coefficient (Wildman–Crippen LogP) is 3.60. The third-order valence-electron chi connectivity index (χ3n) is 4.70. The van der Waals surface area contributed by atoms with Crippen LogP contribution in [0.4, 0.5) is 5.69 Å². The van der Waals surface area contributed by atoms with Crippen LogP contribution >= 0.6 is 0 Å². The Kier molecular flexibility index (Phi) is 6.03. The minimum atomic E-state index is -1.99. The van der Waals surface area contributed by atoms with Gasteiger partial charge in [0.1, 0.15) is 0 Å². The summed E-state index contributed by atoms with van der Waals surface area (Å²) < 4.78 is 0. The Bertz CT molecular complexity index is 1080. The van der Waals surface area contributed by atoms with Gasteiger partial charge in [0.25, 0.3) is 11.6 Å². The normalized spacial score (nSPS) is 11.4. The van der Waals surface area contributed by atoms with Gasteiger partial charge in [-0.3, -0.25) is 14.9 Å². The lowest BCUT2D eigenvalue weighted by molar-refractivity contribution is -0.385. The van der Waals surface area contributed by atoms with Crippen LogP contribution in [0.2, 0.25) is 0 Å².